The Morgan fingerprint density at radius 1 is 1.12 bits per heavy atom. The van der Waals surface area contributed by atoms with Gasteiger partial charge in [-0.05, 0) is 39.1 Å². The van der Waals surface area contributed by atoms with Gasteiger partial charge in [-0.1, -0.05) is 29.8 Å². The first-order valence-corrected chi connectivity index (χ1v) is 8.24. The van der Waals surface area contributed by atoms with Crippen molar-refractivity contribution in [2.24, 2.45) is 0 Å². The Morgan fingerprint density at radius 3 is 2.48 bits per heavy atom. The van der Waals surface area contributed by atoms with Crippen molar-refractivity contribution in [1.29, 1.82) is 0 Å². The second-order valence-corrected chi connectivity index (χ2v) is 6.10. The number of hydrogen-bond acceptors (Lipinski definition) is 4. The fourth-order valence-corrected chi connectivity index (χ4v) is 2.62. The number of anilines is 1. The van der Waals surface area contributed by atoms with Crippen molar-refractivity contribution >= 4 is 11.6 Å². The topological polar surface area (TPSA) is 50.8 Å². The lowest BCUT2D eigenvalue weighted by atomic mass is 10.1. The van der Waals surface area contributed by atoms with Gasteiger partial charge in [0.1, 0.15) is 11.5 Å². The molecule has 0 aliphatic rings. The van der Waals surface area contributed by atoms with Crippen molar-refractivity contribution in [3.8, 4) is 11.5 Å². The number of methoxy groups -OCH3 is 2. The number of nitrogens with one attached hydrogen (secondary N) is 1. The molecule has 0 saturated heterocycles. The maximum atomic E-state index is 12.6. The first-order valence-electron chi connectivity index (χ1n) is 8.24. The molecule has 5 nitrogen and oxygen atoms in total. The van der Waals surface area contributed by atoms with E-state index in [9.17, 15) is 4.79 Å². The summed E-state index contributed by atoms with van der Waals surface area (Å²) in [5, 5.41) is 2.93. The van der Waals surface area contributed by atoms with Crippen LogP contribution in [0.4, 0.5) is 5.69 Å². The Labute approximate surface area is 149 Å². The number of aryl methyl sites for hydroxylation is 1. The molecular weight excluding hydrogens is 316 g/mol. The fourth-order valence-electron chi connectivity index (χ4n) is 2.62. The molecule has 0 bridgehead atoms. The third kappa shape index (κ3) is 4.73. The van der Waals surface area contributed by atoms with Gasteiger partial charge in [-0.3, -0.25) is 9.69 Å². The molecule has 0 aliphatic carbocycles. The molecule has 0 aromatic heterocycles. The van der Waals surface area contributed by atoms with Crippen LogP contribution < -0.4 is 14.8 Å². The smallest absolute Gasteiger partial charge is 0.241 e. The van der Waals surface area contributed by atoms with Gasteiger partial charge in [0.15, 0.2) is 0 Å². The predicted molar refractivity (Wildman–Crippen MR) is 100 cm³/mol. The SMILES string of the molecule is COc1ccc(C)cc1CN(C)[C@H](C)C(=O)Nc1ccccc1OC. The Bertz CT molecular complexity index is 731. The van der Waals surface area contributed by atoms with Crippen LogP contribution >= 0.6 is 0 Å². The van der Waals surface area contributed by atoms with Gasteiger partial charge in [-0.2, -0.15) is 0 Å². The average molecular weight is 342 g/mol. The molecule has 1 N–H and O–H groups in total. The van der Waals surface area contributed by atoms with Gasteiger partial charge >= 0.3 is 0 Å². The maximum absolute atomic E-state index is 12.6. The number of ether oxygens (including phenoxy) is 2. The van der Waals surface area contributed by atoms with Gasteiger partial charge in [0.25, 0.3) is 0 Å². The van der Waals surface area contributed by atoms with E-state index in [0.29, 0.717) is 18.0 Å². The van der Waals surface area contributed by atoms with Gasteiger partial charge in [0.05, 0.1) is 25.9 Å². The number of carbonyl (C=O) groups is 1. The summed E-state index contributed by atoms with van der Waals surface area (Å²) in [6, 6.07) is 13.1. The van der Waals surface area contributed by atoms with Crippen LogP contribution in [0, 0.1) is 6.92 Å². The molecule has 1 atom stereocenters. The molecule has 0 radical (unpaired) electrons. The maximum Gasteiger partial charge on any atom is 0.241 e. The van der Waals surface area contributed by atoms with Crippen LogP contribution in [-0.4, -0.2) is 38.1 Å². The average Bonchev–Trinajstić information content (AvgIpc) is 2.61. The molecule has 0 heterocycles. The highest BCUT2D eigenvalue weighted by atomic mass is 16.5. The van der Waals surface area contributed by atoms with Crippen LogP contribution in [0.25, 0.3) is 0 Å². The highest BCUT2D eigenvalue weighted by Crippen LogP contribution is 2.24. The number of rotatable bonds is 7. The molecule has 2 aromatic carbocycles. The lowest BCUT2D eigenvalue weighted by Gasteiger charge is -2.25. The second kappa shape index (κ2) is 8.53. The van der Waals surface area contributed by atoms with Gasteiger partial charge in [-0.25, -0.2) is 0 Å². The third-order valence-electron chi connectivity index (χ3n) is 4.26. The van der Waals surface area contributed by atoms with Crippen LogP contribution in [0.3, 0.4) is 0 Å². The summed E-state index contributed by atoms with van der Waals surface area (Å²) in [5.74, 6) is 1.39. The quantitative estimate of drug-likeness (QED) is 0.837. The summed E-state index contributed by atoms with van der Waals surface area (Å²) in [5.41, 5.74) is 2.89. The Morgan fingerprint density at radius 2 is 1.80 bits per heavy atom. The molecule has 2 rings (SSSR count). The van der Waals surface area contributed by atoms with Crippen LogP contribution in [0.15, 0.2) is 42.5 Å². The molecule has 1 amide bonds. The van der Waals surface area contributed by atoms with Crippen molar-refractivity contribution in [2.75, 3.05) is 26.6 Å². The van der Waals surface area contributed by atoms with E-state index < -0.39 is 0 Å². The number of hydrogen-bond donors (Lipinski definition) is 1. The first kappa shape index (κ1) is 18.8. The fraction of sp³-hybridized carbons (Fsp3) is 0.350. The van der Waals surface area contributed by atoms with E-state index in [-0.39, 0.29) is 11.9 Å². The van der Waals surface area contributed by atoms with Crippen molar-refractivity contribution in [3.05, 3.63) is 53.6 Å². The van der Waals surface area contributed by atoms with E-state index in [2.05, 4.69) is 11.4 Å². The molecular formula is C20H26N2O3. The Hall–Kier alpha value is -2.53. The first-order chi connectivity index (χ1) is 12.0. The van der Waals surface area contributed by atoms with Crippen molar-refractivity contribution in [1.82, 2.24) is 4.90 Å². The summed E-state index contributed by atoms with van der Waals surface area (Å²) in [6.45, 7) is 4.54. The minimum absolute atomic E-state index is 0.0846. The molecule has 0 fully saturated rings. The van der Waals surface area contributed by atoms with E-state index in [0.717, 1.165) is 16.9 Å². The van der Waals surface area contributed by atoms with Crippen molar-refractivity contribution in [3.63, 3.8) is 0 Å². The normalized spacial score (nSPS) is 11.9. The minimum atomic E-state index is -0.310. The zero-order chi connectivity index (χ0) is 18.4. The molecule has 25 heavy (non-hydrogen) atoms. The van der Waals surface area contributed by atoms with Crippen LogP contribution in [0.1, 0.15) is 18.1 Å². The van der Waals surface area contributed by atoms with Gasteiger partial charge in [-0.15, -0.1) is 0 Å². The number of para-hydroxylation sites is 2. The molecule has 5 heteroatoms. The number of nitrogens with zero attached hydrogens (tertiary/aromatic N) is 1. The lowest BCUT2D eigenvalue weighted by molar-refractivity contribution is -0.120. The monoisotopic (exact) mass is 342 g/mol. The summed E-state index contributed by atoms with van der Waals surface area (Å²) >= 11 is 0. The number of likely N-dealkylation sites (N-methyl/N-ethyl adjacent to an activating group) is 1. The summed E-state index contributed by atoms with van der Waals surface area (Å²) in [4.78, 5) is 14.6. The molecule has 0 unspecified atom stereocenters. The van der Waals surface area contributed by atoms with E-state index in [1.807, 2.05) is 62.2 Å². The van der Waals surface area contributed by atoms with E-state index in [4.69, 9.17) is 9.47 Å². The van der Waals surface area contributed by atoms with E-state index >= 15 is 0 Å². The Kier molecular flexibility index (Phi) is 6.42. The van der Waals surface area contributed by atoms with E-state index in [1.54, 1.807) is 14.2 Å². The minimum Gasteiger partial charge on any atom is -0.496 e. The summed E-state index contributed by atoms with van der Waals surface area (Å²) < 4.78 is 10.7. The van der Waals surface area contributed by atoms with Crippen LogP contribution in [-0.2, 0) is 11.3 Å². The summed E-state index contributed by atoms with van der Waals surface area (Å²) in [6.07, 6.45) is 0. The largest absolute Gasteiger partial charge is 0.496 e. The molecule has 0 saturated carbocycles. The highest BCUT2D eigenvalue weighted by Gasteiger charge is 2.20. The standard InChI is InChI=1S/C20H26N2O3/c1-14-10-11-18(24-4)16(12-14)13-22(3)15(2)20(23)21-17-8-6-7-9-19(17)25-5/h6-12,15H,13H2,1-5H3,(H,21,23)/t15-/m1/s1. The number of benzene rings is 2. The van der Waals surface area contributed by atoms with Gasteiger partial charge < -0.3 is 14.8 Å². The molecule has 134 valence electrons. The number of carbonyl (C=O) groups excluding carboxylic acids is 1. The molecule has 0 aliphatic heterocycles. The molecule has 2 aromatic rings. The predicted octanol–water partition coefficient (Wildman–Crippen LogP) is 3.47. The van der Waals surface area contributed by atoms with E-state index in [1.165, 1.54) is 0 Å². The number of amides is 1. The van der Waals surface area contributed by atoms with Crippen LogP contribution in [0.2, 0.25) is 0 Å². The highest BCUT2D eigenvalue weighted by molar-refractivity contribution is 5.95. The molecule has 0 spiro atoms. The Balaban J connectivity index is 2.07. The van der Waals surface area contributed by atoms with Crippen LogP contribution in [0.5, 0.6) is 11.5 Å². The lowest BCUT2D eigenvalue weighted by Crippen LogP contribution is -2.39. The summed E-state index contributed by atoms with van der Waals surface area (Å²) in [7, 11) is 5.17. The zero-order valence-corrected chi connectivity index (χ0v) is 15.5. The van der Waals surface area contributed by atoms with Crippen molar-refractivity contribution < 1.29 is 14.3 Å². The second-order valence-electron chi connectivity index (χ2n) is 6.10. The van der Waals surface area contributed by atoms with Crippen molar-refractivity contribution in [2.45, 2.75) is 26.4 Å². The van der Waals surface area contributed by atoms with Gasteiger partial charge in [0.2, 0.25) is 5.91 Å². The third-order valence-corrected chi connectivity index (χ3v) is 4.26. The zero-order valence-electron chi connectivity index (χ0n) is 15.5. The van der Waals surface area contributed by atoms with Gasteiger partial charge in [0, 0.05) is 12.1 Å².